The number of hydrogen-bond donors (Lipinski definition) is 0. The molecule has 0 aromatic carbocycles. The number of piperazine rings is 1. The van der Waals surface area contributed by atoms with E-state index in [0.717, 1.165) is 19.6 Å². The zero-order valence-electron chi connectivity index (χ0n) is 13.5. The van der Waals surface area contributed by atoms with Gasteiger partial charge in [-0.1, -0.05) is 20.8 Å². The Hall–Kier alpha value is -0.610. The third-order valence-electron chi connectivity index (χ3n) is 4.23. The van der Waals surface area contributed by atoms with Crippen molar-refractivity contribution < 1.29 is 4.79 Å². The highest BCUT2D eigenvalue weighted by Crippen LogP contribution is 2.20. The minimum absolute atomic E-state index is 0.205. The third kappa shape index (κ3) is 4.46. The maximum absolute atomic E-state index is 11.8. The standard InChI is InChI=1S/C15H31N3O/c1-7-14(12(2)3)18-9-8-17(10-13(18)4)11-15(19)16(5)6/h12-14H,7-11H2,1-6H3/t13-,14?/m1/s1. The highest BCUT2D eigenvalue weighted by Gasteiger charge is 2.30. The molecule has 4 nitrogen and oxygen atoms in total. The fraction of sp³-hybridized carbons (Fsp3) is 0.933. The molecule has 0 aliphatic carbocycles. The molecule has 0 aromatic heterocycles. The van der Waals surface area contributed by atoms with Gasteiger partial charge in [0.1, 0.15) is 0 Å². The van der Waals surface area contributed by atoms with Gasteiger partial charge in [0, 0.05) is 45.8 Å². The molecule has 1 heterocycles. The smallest absolute Gasteiger partial charge is 0.236 e. The highest BCUT2D eigenvalue weighted by atomic mass is 16.2. The predicted octanol–water partition coefficient (Wildman–Crippen LogP) is 1.52. The van der Waals surface area contributed by atoms with Crippen LogP contribution in [0.15, 0.2) is 0 Å². The van der Waals surface area contributed by atoms with E-state index in [1.54, 1.807) is 4.90 Å². The summed E-state index contributed by atoms with van der Waals surface area (Å²) in [6.45, 7) is 12.8. The van der Waals surface area contributed by atoms with Crippen LogP contribution in [0.1, 0.15) is 34.1 Å². The van der Waals surface area contributed by atoms with Crippen LogP contribution in [0, 0.1) is 5.92 Å². The van der Waals surface area contributed by atoms with Gasteiger partial charge >= 0.3 is 0 Å². The lowest BCUT2D eigenvalue weighted by Gasteiger charge is -2.45. The average molecular weight is 269 g/mol. The van der Waals surface area contributed by atoms with E-state index in [0.29, 0.717) is 24.5 Å². The maximum atomic E-state index is 11.8. The molecule has 4 heteroatoms. The van der Waals surface area contributed by atoms with Crippen LogP contribution < -0.4 is 0 Å². The van der Waals surface area contributed by atoms with Crippen molar-refractivity contribution in [2.24, 2.45) is 5.92 Å². The second-order valence-corrected chi connectivity index (χ2v) is 6.33. The molecular weight excluding hydrogens is 238 g/mol. The van der Waals surface area contributed by atoms with Crippen molar-refractivity contribution in [3.63, 3.8) is 0 Å². The largest absolute Gasteiger partial charge is 0.348 e. The summed E-state index contributed by atoms with van der Waals surface area (Å²) in [7, 11) is 3.65. The Morgan fingerprint density at radius 2 is 1.95 bits per heavy atom. The summed E-state index contributed by atoms with van der Waals surface area (Å²) in [4.78, 5) is 18.4. The van der Waals surface area contributed by atoms with Crippen LogP contribution in [0.5, 0.6) is 0 Å². The first-order valence-electron chi connectivity index (χ1n) is 7.55. The van der Waals surface area contributed by atoms with Crippen LogP contribution >= 0.6 is 0 Å². The molecule has 1 amide bonds. The van der Waals surface area contributed by atoms with Crippen molar-refractivity contribution in [2.75, 3.05) is 40.3 Å². The number of nitrogens with zero attached hydrogens (tertiary/aromatic N) is 3. The van der Waals surface area contributed by atoms with Gasteiger partial charge in [0.05, 0.1) is 6.54 Å². The average Bonchev–Trinajstić information content (AvgIpc) is 2.32. The zero-order valence-corrected chi connectivity index (χ0v) is 13.5. The van der Waals surface area contributed by atoms with Crippen LogP contribution in [0.4, 0.5) is 0 Å². The Labute approximate surface area is 118 Å². The van der Waals surface area contributed by atoms with Gasteiger partial charge in [-0.25, -0.2) is 0 Å². The Kier molecular flexibility index (Phi) is 6.27. The summed E-state index contributed by atoms with van der Waals surface area (Å²) in [6, 6.07) is 1.21. The van der Waals surface area contributed by atoms with Gasteiger partial charge in [-0.3, -0.25) is 14.6 Å². The third-order valence-corrected chi connectivity index (χ3v) is 4.23. The van der Waals surface area contributed by atoms with E-state index in [4.69, 9.17) is 0 Å². The van der Waals surface area contributed by atoms with Gasteiger partial charge in [0.2, 0.25) is 5.91 Å². The lowest BCUT2D eigenvalue weighted by Crippen LogP contribution is -2.57. The second kappa shape index (κ2) is 7.25. The first kappa shape index (κ1) is 16.4. The number of amides is 1. The minimum atomic E-state index is 0.205. The fourth-order valence-corrected chi connectivity index (χ4v) is 3.10. The molecule has 0 aromatic rings. The van der Waals surface area contributed by atoms with E-state index in [-0.39, 0.29) is 5.91 Å². The van der Waals surface area contributed by atoms with Crippen LogP contribution in [-0.2, 0) is 4.79 Å². The summed E-state index contributed by atoms with van der Waals surface area (Å²) in [5.41, 5.74) is 0. The molecule has 2 atom stereocenters. The van der Waals surface area contributed by atoms with E-state index in [1.807, 2.05) is 14.1 Å². The Morgan fingerprint density at radius 3 is 2.37 bits per heavy atom. The number of rotatable bonds is 5. The molecule has 19 heavy (non-hydrogen) atoms. The van der Waals surface area contributed by atoms with Gasteiger partial charge in [-0.15, -0.1) is 0 Å². The number of carbonyl (C=O) groups is 1. The second-order valence-electron chi connectivity index (χ2n) is 6.33. The molecule has 1 fully saturated rings. The first-order chi connectivity index (χ1) is 8.86. The Morgan fingerprint density at radius 1 is 1.32 bits per heavy atom. The quantitative estimate of drug-likeness (QED) is 0.757. The zero-order chi connectivity index (χ0) is 14.6. The molecule has 1 unspecified atom stereocenters. The SMILES string of the molecule is CCC(C(C)C)N1CCN(CC(=O)N(C)C)C[C@H]1C. The molecule has 0 spiro atoms. The molecule has 1 saturated heterocycles. The lowest BCUT2D eigenvalue weighted by molar-refractivity contribution is -0.130. The van der Waals surface area contributed by atoms with E-state index >= 15 is 0 Å². The van der Waals surface area contributed by atoms with E-state index in [9.17, 15) is 4.79 Å². The van der Waals surface area contributed by atoms with Gasteiger partial charge in [0.25, 0.3) is 0 Å². The van der Waals surface area contributed by atoms with Crippen molar-refractivity contribution >= 4 is 5.91 Å². The molecule has 0 N–H and O–H groups in total. The summed E-state index contributed by atoms with van der Waals surface area (Å²) in [5, 5.41) is 0. The summed E-state index contributed by atoms with van der Waals surface area (Å²) in [6.07, 6.45) is 1.21. The molecule has 0 bridgehead atoms. The summed E-state index contributed by atoms with van der Waals surface area (Å²) in [5.74, 6) is 0.902. The first-order valence-corrected chi connectivity index (χ1v) is 7.55. The van der Waals surface area contributed by atoms with E-state index in [1.165, 1.54) is 6.42 Å². The molecule has 112 valence electrons. The molecular formula is C15H31N3O. The normalized spacial score (nSPS) is 23.6. The van der Waals surface area contributed by atoms with E-state index < -0.39 is 0 Å². The molecule has 1 rings (SSSR count). The predicted molar refractivity (Wildman–Crippen MR) is 80.2 cm³/mol. The number of hydrogen-bond acceptors (Lipinski definition) is 3. The van der Waals surface area contributed by atoms with Crippen molar-refractivity contribution in [2.45, 2.75) is 46.2 Å². The number of likely N-dealkylation sites (N-methyl/N-ethyl adjacent to an activating group) is 1. The van der Waals surface area contributed by atoms with Crippen molar-refractivity contribution in [3.05, 3.63) is 0 Å². The highest BCUT2D eigenvalue weighted by molar-refractivity contribution is 5.77. The minimum Gasteiger partial charge on any atom is -0.348 e. The van der Waals surface area contributed by atoms with Crippen LogP contribution in [0.3, 0.4) is 0 Å². The summed E-state index contributed by atoms with van der Waals surface area (Å²) >= 11 is 0. The Bertz CT molecular complexity index is 291. The van der Waals surface area contributed by atoms with Crippen LogP contribution in [0.2, 0.25) is 0 Å². The van der Waals surface area contributed by atoms with Crippen LogP contribution in [0.25, 0.3) is 0 Å². The van der Waals surface area contributed by atoms with E-state index in [2.05, 4.69) is 37.5 Å². The fourth-order valence-electron chi connectivity index (χ4n) is 3.10. The topological polar surface area (TPSA) is 26.8 Å². The monoisotopic (exact) mass is 269 g/mol. The molecule has 0 saturated carbocycles. The van der Waals surface area contributed by atoms with Crippen molar-refractivity contribution in [1.29, 1.82) is 0 Å². The van der Waals surface area contributed by atoms with Gasteiger partial charge < -0.3 is 4.90 Å². The van der Waals surface area contributed by atoms with Crippen LogP contribution in [-0.4, -0.2) is 73.0 Å². The van der Waals surface area contributed by atoms with Gasteiger partial charge in [0.15, 0.2) is 0 Å². The number of carbonyl (C=O) groups excluding carboxylic acids is 1. The maximum Gasteiger partial charge on any atom is 0.236 e. The molecule has 1 aliphatic rings. The summed E-state index contributed by atoms with van der Waals surface area (Å²) < 4.78 is 0. The lowest BCUT2D eigenvalue weighted by atomic mass is 9.97. The van der Waals surface area contributed by atoms with Gasteiger partial charge in [-0.2, -0.15) is 0 Å². The van der Waals surface area contributed by atoms with Gasteiger partial charge in [-0.05, 0) is 19.3 Å². The van der Waals surface area contributed by atoms with Crippen molar-refractivity contribution in [1.82, 2.24) is 14.7 Å². The molecule has 1 aliphatic heterocycles. The molecule has 0 radical (unpaired) electrons. The Balaban J connectivity index is 2.53. The van der Waals surface area contributed by atoms with Crippen molar-refractivity contribution in [3.8, 4) is 0 Å².